The highest BCUT2D eigenvalue weighted by Crippen LogP contribution is 2.38. The molecule has 50 heavy (non-hydrogen) atoms. The van der Waals surface area contributed by atoms with Crippen LogP contribution in [0, 0.1) is 0 Å². The van der Waals surface area contributed by atoms with Gasteiger partial charge >= 0.3 is 12.2 Å². The molecule has 5 aromatic rings. The SMILES string of the molecule is CC(C)(C)OC(=O)N1CCCC1c1ncc(-c2ccc(-c3ccc(-c4cnc(C5CCCN5C(=O)OC(C)(C)C)[nH]4)c4ncccc34)cc2)[nH]1. The number of aromatic amines is 2. The number of hydrogen-bond donors (Lipinski definition) is 2. The van der Waals surface area contributed by atoms with Crippen LogP contribution in [0.3, 0.4) is 0 Å². The zero-order valence-corrected chi connectivity index (χ0v) is 29.6. The number of fused-ring (bicyclic) bond motifs is 1. The molecule has 2 aromatic carbocycles. The highest BCUT2D eigenvalue weighted by atomic mass is 16.6. The number of aromatic nitrogens is 5. The lowest BCUT2D eigenvalue weighted by Gasteiger charge is -2.27. The molecule has 260 valence electrons. The highest BCUT2D eigenvalue weighted by molar-refractivity contribution is 6.02. The molecule has 2 amide bonds. The molecule has 0 spiro atoms. The fourth-order valence-electron chi connectivity index (χ4n) is 6.95. The predicted molar refractivity (Wildman–Crippen MR) is 192 cm³/mol. The minimum absolute atomic E-state index is 0.136. The third kappa shape index (κ3) is 6.81. The van der Waals surface area contributed by atoms with Gasteiger partial charge in [0.1, 0.15) is 22.9 Å². The van der Waals surface area contributed by atoms with Crippen molar-refractivity contribution in [1.29, 1.82) is 0 Å². The largest absolute Gasteiger partial charge is 0.444 e. The second kappa shape index (κ2) is 12.9. The summed E-state index contributed by atoms with van der Waals surface area (Å²) < 4.78 is 11.3. The number of imidazole rings is 2. The van der Waals surface area contributed by atoms with Gasteiger partial charge in [-0.3, -0.25) is 14.8 Å². The Morgan fingerprint density at radius 1 is 0.680 bits per heavy atom. The summed E-state index contributed by atoms with van der Waals surface area (Å²) in [5.74, 6) is 1.52. The molecule has 11 heteroatoms. The normalized spacial score (nSPS) is 18.2. The topological polar surface area (TPSA) is 129 Å². The van der Waals surface area contributed by atoms with E-state index in [0.29, 0.717) is 13.1 Å². The number of carbonyl (C=O) groups is 2. The van der Waals surface area contributed by atoms with Crippen molar-refractivity contribution < 1.29 is 19.1 Å². The van der Waals surface area contributed by atoms with Gasteiger partial charge in [-0.25, -0.2) is 19.6 Å². The molecule has 2 aliphatic heterocycles. The first-order chi connectivity index (χ1) is 23.8. The summed E-state index contributed by atoms with van der Waals surface area (Å²) in [5, 5.41) is 1.03. The smallest absolute Gasteiger partial charge is 0.410 e. The first kappa shape index (κ1) is 33.3. The van der Waals surface area contributed by atoms with Crippen LogP contribution >= 0.6 is 0 Å². The van der Waals surface area contributed by atoms with E-state index in [2.05, 4.69) is 57.4 Å². The molecule has 0 aliphatic carbocycles. The lowest BCUT2D eigenvalue weighted by Crippen LogP contribution is -2.36. The molecule has 5 heterocycles. The number of H-pyrrole nitrogens is 2. The van der Waals surface area contributed by atoms with E-state index in [1.165, 1.54) is 0 Å². The van der Waals surface area contributed by atoms with Gasteiger partial charge in [0, 0.05) is 30.2 Å². The Morgan fingerprint density at radius 2 is 1.20 bits per heavy atom. The van der Waals surface area contributed by atoms with E-state index in [1.807, 2.05) is 60.0 Å². The van der Waals surface area contributed by atoms with Crippen LogP contribution < -0.4 is 0 Å². The quantitative estimate of drug-likeness (QED) is 0.190. The average Bonchev–Trinajstić information content (AvgIpc) is 3.89. The van der Waals surface area contributed by atoms with Crippen LogP contribution in [0.2, 0.25) is 0 Å². The fraction of sp³-hybridized carbons (Fsp3) is 0.410. The van der Waals surface area contributed by atoms with Crippen LogP contribution in [-0.4, -0.2) is 71.2 Å². The Bertz CT molecular complexity index is 2020. The molecule has 0 radical (unpaired) electrons. The molecule has 2 saturated heterocycles. The number of nitrogens with zero attached hydrogens (tertiary/aromatic N) is 5. The maximum atomic E-state index is 12.9. The van der Waals surface area contributed by atoms with Gasteiger partial charge in [-0.15, -0.1) is 0 Å². The Morgan fingerprint density at radius 3 is 1.78 bits per heavy atom. The Balaban J connectivity index is 1.11. The summed E-state index contributed by atoms with van der Waals surface area (Å²) in [6, 6.07) is 16.3. The molecule has 3 aromatic heterocycles. The van der Waals surface area contributed by atoms with E-state index in [9.17, 15) is 9.59 Å². The van der Waals surface area contributed by atoms with E-state index in [0.717, 1.165) is 81.9 Å². The van der Waals surface area contributed by atoms with E-state index < -0.39 is 11.2 Å². The monoisotopic (exact) mass is 675 g/mol. The molecule has 11 nitrogen and oxygen atoms in total. The Hall–Kier alpha value is -5.19. The van der Waals surface area contributed by atoms with Gasteiger partial charge in [-0.1, -0.05) is 36.4 Å². The number of carbonyl (C=O) groups excluding carboxylic acids is 2. The average molecular weight is 676 g/mol. The lowest BCUT2D eigenvalue weighted by atomic mass is 9.96. The first-order valence-corrected chi connectivity index (χ1v) is 17.4. The Labute approximate surface area is 292 Å². The fourth-order valence-corrected chi connectivity index (χ4v) is 6.95. The molecular weight excluding hydrogens is 630 g/mol. The van der Waals surface area contributed by atoms with Gasteiger partial charge in [0.05, 0.1) is 41.4 Å². The summed E-state index contributed by atoms with van der Waals surface area (Å²) in [6.07, 6.45) is 8.32. The van der Waals surface area contributed by atoms with Crippen LogP contribution in [0.5, 0.6) is 0 Å². The van der Waals surface area contributed by atoms with Crippen molar-refractivity contribution in [2.45, 2.75) is 90.5 Å². The molecule has 7 rings (SSSR count). The molecule has 2 fully saturated rings. The molecule has 2 N–H and O–H groups in total. The summed E-state index contributed by atoms with van der Waals surface area (Å²) >= 11 is 0. The summed E-state index contributed by atoms with van der Waals surface area (Å²) in [6.45, 7) is 12.6. The summed E-state index contributed by atoms with van der Waals surface area (Å²) in [5.41, 5.74) is 5.58. The third-order valence-electron chi connectivity index (χ3n) is 9.15. The van der Waals surface area contributed by atoms with Crippen LogP contribution in [0.1, 0.15) is 91.0 Å². The van der Waals surface area contributed by atoms with E-state index in [-0.39, 0.29) is 24.3 Å². The predicted octanol–water partition coefficient (Wildman–Crippen LogP) is 8.83. The zero-order chi connectivity index (χ0) is 35.2. The Kier molecular flexibility index (Phi) is 8.61. The first-order valence-electron chi connectivity index (χ1n) is 17.4. The number of amides is 2. The van der Waals surface area contributed by atoms with Crippen LogP contribution in [-0.2, 0) is 9.47 Å². The van der Waals surface area contributed by atoms with Gasteiger partial charge < -0.3 is 19.4 Å². The number of hydrogen-bond acceptors (Lipinski definition) is 7. The van der Waals surface area contributed by atoms with Crippen molar-refractivity contribution in [1.82, 2.24) is 34.7 Å². The van der Waals surface area contributed by atoms with Crippen LogP contribution in [0.25, 0.3) is 44.5 Å². The van der Waals surface area contributed by atoms with Crippen molar-refractivity contribution >= 4 is 23.1 Å². The lowest BCUT2D eigenvalue weighted by molar-refractivity contribution is 0.0208. The zero-order valence-electron chi connectivity index (χ0n) is 29.6. The van der Waals surface area contributed by atoms with Crippen LogP contribution in [0.15, 0.2) is 67.1 Å². The second-order valence-electron chi connectivity index (χ2n) is 15.2. The van der Waals surface area contributed by atoms with Gasteiger partial charge in [-0.2, -0.15) is 0 Å². The minimum Gasteiger partial charge on any atom is -0.444 e. The second-order valence-corrected chi connectivity index (χ2v) is 15.2. The van der Waals surface area contributed by atoms with Crippen molar-refractivity contribution in [3.05, 3.63) is 78.8 Å². The van der Waals surface area contributed by atoms with E-state index in [4.69, 9.17) is 19.4 Å². The third-order valence-corrected chi connectivity index (χ3v) is 9.15. The van der Waals surface area contributed by atoms with E-state index >= 15 is 0 Å². The maximum absolute atomic E-state index is 12.9. The molecule has 0 saturated carbocycles. The van der Waals surface area contributed by atoms with Crippen LogP contribution in [0.4, 0.5) is 9.59 Å². The molecule has 2 atom stereocenters. The number of rotatable bonds is 5. The standard InChI is InChI=1S/C39H45N7O4/c1-38(2,3)49-36(47)45-20-8-11-31(45)34-41-22-29(43-34)25-15-13-24(14-16-25)26-17-18-28(33-27(26)10-7-19-40-33)30-23-42-35(44-30)32-12-9-21-46(32)37(48)50-39(4,5)6/h7,10,13-19,22-23,31-32H,8-9,11-12,20-21H2,1-6H3,(H,41,43)(H,42,44). The maximum Gasteiger partial charge on any atom is 0.410 e. The number of ether oxygens (including phenoxy) is 2. The highest BCUT2D eigenvalue weighted by Gasteiger charge is 2.36. The van der Waals surface area contributed by atoms with Crippen molar-refractivity contribution in [2.24, 2.45) is 0 Å². The molecule has 0 bridgehead atoms. The summed E-state index contributed by atoms with van der Waals surface area (Å²) in [7, 11) is 0. The van der Waals surface area contributed by atoms with Gasteiger partial charge in [0.2, 0.25) is 0 Å². The van der Waals surface area contributed by atoms with Gasteiger partial charge in [0.25, 0.3) is 0 Å². The molecule has 2 aliphatic rings. The van der Waals surface area contributed by atoms with Crippen molar-refractivity contribution in [3.8, 4) is 33.6 Å². The van der Waals surface area contributed by atoms with Gasteiger partial charge in [0.15, 0.2) is 0 Å². The molecule has 2 unspecified atom stereocenters. The molecular formula is C39H45N7O4. The van der Waals surface area contributed by atoms with Gasteiger partial charge in [-0.05, 0) is 96.0 Å². The number of benzene rings is 2. The van der Waals surface area contributed by atoms with Crippen molar-refractivity contribution in [2.75, 3.05) is 13.1 Å². The number of nitrogens with one attached hydrogen (secondary N) is 2. The number of likely N-dealkylation sites (tertiary alicyclic amines) is 2. The van der Waals surface area contributed by atoms with Crippen molar-refractivity contribution in [3.63, 3.8) is 0 Å². The summed E-state index contributed by atoms with van der Waals surface area (Å²) in [4.78, 5) is 50.5. The van der Waals surface area contributed by atoms with E-state index in [1.54, 1.807) is 16.0 Å². The minimum atomic E-state index is -0.560. The number of pyridine rings is 1.